The summed E-state index contributed by atoms with van der Waals surface area (Å²) in [6.07, 6.45) is -0.0777. The van der Waals surface area contributed by atoms with Gasteiger partial charge in [-0.05, 0) is 43.2 Å². The van der Waals surface area contributed by atoms with Gasteiger partial charge in [0.25, 0.3) is 5.91 Å². The average Bonchev–Trinajstić information content (AvgIpc) is 3.31. The molecule has 2 N–H and O–H groups in total. The Balaban J connectivity index is 1.36. The highest BCUT2D eigenvalue weighted by atomic mass is 19.4. The van der Waals surface area contributed by atoms with Crippen molar-refractivity contribution in [1.29, 1.82) is 0 Å². The molecule has 0 aromatic heterocycles. The van der Waals surface area contributed by atoms with Crippen LogP contribution in [0.3, 0.4) is 0 Å². The van der Waals surface area contributed by atoms with E-state index in [1.807, 2.05) is 6.08 Å². The molecule has 1 unspecified atom stereocenters. The third-order valence-corrected chi connectivity index (χ3v) is 10.2. The zero-order valence-corrected chi connectivity index (χ0v) is 25.7. The Labute approximate surface area is 261 Å². The number of aromatic hydroxyl groups is 1. The van der Waals surface area contributed by atoms with Gasteiger partial charge in [-0.15, -0.1) is 0 Å². The van der Waals surface area contributed by atoms with Crippen LogP contribution < -0.4 is 14.8 Å². The first-order valence-corrected chi connectivity index (χ1v) is 15.5. The number of benzene rings is 2. The van der Waals surface area contributed by atoms with Crippen LogP contribution in [0.15, 0.2) is 43.0 Å². The van der Waals surface area contributed by atoms with E-state index < -0.39 is 41.2 Å². The zero-order valence-electron chi connectivity index (χ0n) is 25.7. The molecule has 1 amide bonds. The number of phenolic OH excluding ortho intramolecular Hbond substituents is 1. The van der Waals surface area contributed by atoms with Crippen molar-refractivity contribution in [3.05, 3.63) is 65.2 Å². The van der Waals surface area contributed by atoms with Crippen LogP contribution in [0.1, 0.15) is 62.3 Å². The van der Waals surface area contributed by atoms with Gasteiger partial charge in [-0.2, -0.15) is 13.2 Å². The van der Waals surface area contributed by atoms with E-state index in [0.29, 0.717) is 30.1 Å². The molecule has 1 saturated heterocycles. The molecular formula is C35H38F3N2O5+. The molecule has 2 aromatic rings. The predicted octanol–water partition coefficient (Wildman–Crippen LogP) is 5.27. The molecular weight excluding hydrogens is 585 g/mol. The van der Waals surface area contributed by atoms with Crippen molar-refractivity contribution in [2.24, 2.45) is 11.8 Å². The van der Waals surface area contributed by atoms with E-state index in [-0.39, 0.29) is 23.5 Å². The van der Waals surface area contributed by atoms with E-state index in [2.05, 4.69) is 37.6 Å². The summed E-state index contributed by atoms with van der Waals surface area (Å²) in [6.45, 7) is 12.5. The van der Waals surface area contributed by atoms with E-state index in [4.69, 9.17) is 9.47 Å². The Morgan fingerprint density at radius 3 is 2.64 bits per heavy atom. The molecule has 6 rings (SSSR count). The first-order chi connectivity index (χ1) is 21.3. The number of alkyl halides is 3. The van der Waals surface area contributed by atoms with Crippen molar-refractivity contribution in [2.45, 2.75) is 76.2 Å². The molecule has 2 aromatic carbocycles. The lowest BCUT2D eigenvalue weighted by molar-refractivity contribution is -0.960. The molecule has 2 bridgehead atoms. The quantitative estimate of drug-likeness (QED) is 0.151. The van der Waals surface area contributed by atoms with E-state index in [0.717, 1.165) is 60.2 Å². The fourth-order valence-corrected chi connectivity index (χ4v) is 8.92. The minimum absolute atomic E-state index is 0.0776. The number of ether oxygens (including phenoxy) is 2. The van der Waals surface area contributed by atoms with Crippen LogP contribution in [0.2, 0.25) is 0 Å². The monoisotopic (exact) mass is 623 g/mol. The lowest BCUT2D eigenvalue weighted by atomic mass is 9.50. The fraction of sp³-hybridized carbons (Fsp3) is 0.486. The molecule has 238 valence electrons. The summed E-state index contributed by atoms with van der Waals surface area (Å²) in [6, 6.07) is 5.59. The van der Waals surface area contributed by atoms with E-state index in [1.54, 1.807) is 0 Å². The van der Waals surface area contributed by atoms with Crippen LogP contribution in [0.25, 0.3) is 0 Å². The Morgan fingerprint density at radius 2 is 2.00 bits per heavy atom. The van der Waals surface area contributed by atoms with Gasteiger partial charge in [0.1, 0.15) is 11.9 Å². The number of rotatable bonds is 6. The van der Waals surface area contributed by atoms with Crippen LogP contribution in [0, 0.1) is 23.7 Å². The van der Waals surface area contributed by atoms with Crippen LogP contribution in [-0.4, -0.2) is 59.3 Å². The molecule has 2 aliphatic heterocycles. The third kappa shape index (κ3) is 5.15. The first-order valence-electron chi connectivity index (χ1n) is 15.5. The van der Waals surface area contributed by atoms with Gasteiger partial charge in [-0.25, -0.2) is 0 Å². The van der Waals surface area contributed by atoms with Gasteiger partial charge in [0.05, 0.1) is 42.7 Å². The summed E-state index contributed by atoms with van der Waals surface area (Å²) in [7, 11) is 0. The largest absolute Gasteiger partial charge is 0.508 e. The maximum absolute atomic E-state index is 13.1. The van der Waals surface area contributed by atoms with Crippen LogP contribution in [-0.2, 0) is 27.6 Å². The van der Waals surface area contributed by atoms with Gasteiger partial charge in [0.15, 0.2) is 11.5 Å². The molecule has 2 aliphatic carbocycles. The normalized spacial score (nSPS) is 29.1. The number of phenols is 1. The number of esters is 1. The summed E-state index contributed by atoms with van der Waals surface area (Å²) in [4.78, 5) is 25.2. The number of hydrogen-bond donors (Lipinski definition) is 2. The second-order valence-electron chi connectivity index (χ2n) is 13.3. The molecule has 2 fully saturated rings. The standard InChI is InChI=1S/C35H37F3N2O5/c1-5-15-40(19-20(2)3)16-14-34-25-11-12-26(39-30(43)13-8-22-6-9-23(10-7-22)35(36,37)38)33(34)45-32-29(44-21(4)41)18-28(42)24(31(32)34)17-27(25)40/h5-7,9-10,18,20,25-27,33H,1,11-12,14-17,19H2,2-4H3,(H-,39,42,43)/p+1/t25-,26-,27+,33-,34-,40?/m0/s1. The summed E-state index contributed by atoms with van der Waals surface area (Å²) < 4.78 is 51.9. The number of halogens is 3. The number of piperidine rings is 1. The molecule has 4 aliphatic rings. The number of quaternary nitrogens is 1. The van der Waals surface area contributed by atoms with E-state index in [1.165, 1.54) is 25.1 Å². The van der Waals surface area contributed by atoms with Crippen molar-refractivity contribution in [3.63, 3.8) is 0 Å². The number of likely N-dealkylation sites (tertiary alicyclic amines) is 1. The van der Waals surface area contributed by atoms with Crippen molar-refractivity contribution in [2.75, 3.05) is 19.6 Å². The Bertz CT molecular complexity index is 1610. The first kappa shape index (κ1) is 31.0. The lowest BCUT2D eigenvalue weighted by Gasteiger charge is -2.63. The Morgan fingerprint density at radius 1 is 1.27 bits per heavy atom. The topological polar surface area (TPSA) is 84.9 Å². The summed E-state index contributed by atoms with van der Waals surface area (Å²) in [5.41, 5.74) is 0.694. The molecule has 1 spiro atoms. The molecule has 7 nitrogen and oxygen atoms in total. The highest BCUT2D eigenvalue weighted by Gasteiger charge is 2.70. The van der Waals surface area contributed by atoms with E-state index in [9.17, 15) is 27.9 Å². The predicted molar refractivity (Wildman–Crippen MR) is 160 cm³/mol. The minimum atomic E-state index is -4.46. The van der Waals surface area contributed by atoms with Gasteiger partial charge < -0.3 is 24.4 Å². The molecule has 10 heteroatoms. The molecule has 0 radical (unpaired) electrons. The molecule has 1 saturated carbocycles. The Kier molecular flexibility index (Phi) is 7.67. The summed E-state index contributed by atoms with van der Waals surface area (Å²) in [5, 5.41) is 14.4. The summed E-state index contributed by atoms with van der Waals surface area (Å²) in [5.74, 6) is 5.46. The number of carbonyl (C=O) groups is 2. The average molecular weight is 624 g/mol. The highest BCUT2D eigenvalue weighted by molar-refractivity contribution is 5.94. The smallest absolute Gasteiger partial charge is 0.416 e. The van der Waals surface area contributed by atoms with E-state index >= 15 is 0 Å². The highest BCUT2D eigenvalue weighted by Crippen LogP contribution is 2.66. The van der Waals surface area contributed by atoms with Gasteiger partial charge in [0, 0.05) is 60.3 Å². The summed E-state index contributed by atoms with van der Waals surface area (Å²) >= 11 is 0. The second-order valence-corrected chi connectivity index (χ2v) is 13.3. The number of amides is 1. The van der Waals surface area contributed by atoms with Crippen LogP contribution in [0.5, 0.6) is 17.2 Å². The van der Waals surface area contributed by atoms with Crippen LogP contribution >= 0.6 is 0 Å². The second kappa shape index (κ2) is 11.1. The number of carbonyl (C=O) groups excluding carboxylic acids is 2. The number of hydrogen-bond acceptors (Lipinski definition) is 5. The number of nitrogens with one attached hydrogen (secondary N) is 1. The maximum Gasteiger partial charge on any atom is 0.416 e. The van der Waals surface area contributed by atoms with Gasteiger partial charge >= 0.3 is 12.1 Å². The third-order valence-electron chi connectivity index (χ3n) is 10.2. The lowest BCUT2D eigenvalue weighted by Crippen LogP contribution is -2.74. The maximum atomic E-state index is 13.1. The molecule has 6 atom stereocenters. The van der Waals surface area contributed by atoms with Crippen molar-refractivity contribution in [3.8, 4) is 29.1 Å². The Hall–Kier alpha value is -3.97. The van der Waals surface area contributed by atoms with Gasteiger partial charge in [-0.1, -0.05) is 26.3 Å². The van der Waals surface area contributed by atoms with Crippen molar-refractivity contribution in [1.82, 2.24) is 5.32 Å². The van der Waals surface area contributed by atoms with Gasteiger partial charge in [0.2, 0.25) is 0 Å². The minimum Gasteiger partial charge on any atom is -0.508 e. The zero-order chi connectivity index (χ0) is 32.3. The molecule has 45 heavy (non-hydrogen) atoms. The van der Waals surface area contributed by atoms with Crippen molar-refractivity contribution < 1.29 is 41.8 Å². The fourth-order valence-electron chi connectivity index (χ4n) is 8.92. The SMILES string of the molecule is C=CC[N+]1(CC(C)C)CC[C@]23c4c5c(O)cc(OC(C)=O)c4O[C@H]2[C@@H](NC(=O)C#Cc2ccc(C(F)(F)F)cc2)CC[C@H]3[C@H]1C5. The van der Waals surface area contributed by atoms with Crippen molar-refractivity contribution >= 4 is 11.9 Å². The van der Waals surface area contributed by atoms with Crippen LogP contribution in [0.4, 0.5) is 13.2 Å². The van der Waals surface area contributed by atoms with Gasteiger partial charge in [-0.3, -0.25) is 9.59 Å². The number of nitrogens with zero attached hydrogens (tertiary/aromatic N) is 1. The molecule has 2 heterocycles.